The molecule has 0 aromatic carbocycles. The van der Waals surface area contributed by atoms with Crippen molar-refractivity contribution in [1.29, 1.82) is 0 Å². The van der Waals surface area contributed by atoms with Crippen LogP contribution in [0.1, 0.15) is 49.1 Å². The van der Waals surface area contributed by atoms with Crippen molar-refractivity contribution in [2.24, 2.45) is 0 Å². The fourth-order valence-corrected chi connectivity index (χ4v) is 3.32. The van der Waals surface area contributed by atoms with Crippen LogP contribution in [0.2, 0.25) is 0 Å². The van der Waals surface area contributed by atoms with Gasteiger partial charge >= 0.3 is 0 Å². The SMILES string of the molecule is Cc1nc(NCCNC2CCCCCC2)sc1C. The van der Waals surface area contributed by atoms with Crippen LogP contribution in [0.4, 0.5) is 5.13 Å². The Labute approximate surface area is 114 Å². The Morgan fingerprint density at radius 3 is 2.44 bits per heavy atom. The third kappa shape index (κ3) is 4.25. The van der Waals surface area contributed by atoms with Crippen molar-refractivity contribution in [1.82, 2.24) is 10.3 Å². The zero-order valence-corrected chi connectivity index (χ0v) is 12.4. The molecule has 1 aromatic rings. The summed E-state index contributed by atoms with van der Waals surface area (Å²) in [7, 11) is 0. The predicted octanol–water partition coefficient (Wildman–Crippen LogP) is 3.48. The smallest absolute Gasteiger partial charge is 0.183 e. The van der Waals surface area contributed by atoms with E-state index in [2.05, 4.69) is 29.5 Å². The Hall–Kier alpha value is -0.610. The van der Waals surface area contributed by atoms with E-state index in [-0.39, 0.29) is 0 Å². The fourth-order valence-electron chi connectivity index (χ4n) is 2.48. The second-order valence-electron chi connectivity index (χ2n) is 5.23. The molecule has 0 unspecified atom stereocenters. The highest BCUT2D eigenvalue weighted by atomic mass is 32.1. The Kier molecular flexibility index (Phi) is 5.45. The van der Waals surface area contributed by atoms with Gasteiger partial charge in [0.05, 0.1) is 5.69 Å². The molecule has 0 spiro atoms. The number of thiazole rings is 1. The van der Waals surface area contributed by atoms with E-state index in [1.54, 1.807) is 11.3 Å². The maximum atomic E-state index is 4.49. The molecule has 1 saturated carbocycles. The van der Waals surface area contributed by atoms with Crippen LogP contribution in [0, 0.1) is 13.8 Å². The molecular weight excluding hydrogens is 242 g/mol. The first-order chi connectivity index (χ1) is 8.75. The van der Waals surface area contributed by atoms with Crippen LogP contribution in [0.3, 0.4) is 0 Å². The number of anilines is 1. The Morgan fingerprint density at radius 2 is 1.83 bits per heavy atom. The van der Waals surface area contributed by atoms with Gasteiger partial charge < -0.3 is 10.6 Å². The second-order valence-corrected chi connectivity index (χ2v) is 6.43. The lowest BCUT2D eigenvalue weighted by atomic mass is 10.1. The molecule has 4 heteroatoms. The summed E-state index contributed by atoms with van der Waals surface area (Å²) in [5.74, 6) is 0. The van der Waals surface area contributed by atoms with Crippen molar-refractivity contribution in [3.05, 3.63) is 10.6 Å². The van der Waals surface area contributed by atoms with Crippen LogP contribution in [0.15, 0.2) is 0 Å². The molecule has 0 amide bonds. The maximum Gasteiger partial charge on any atom is 0.183 e. The van der Waals surface area contributed by atoms with Crippen molar-refractivity contribution < 1.29 is 0 Å². The number of hydrogen-bond acceptors (Lipinski definition) is 4. The van der Waals surface area contributed by atoms with Crippen molar-refractivity contribution in [2.45, 2.75) is 58.4 Å². The van der Waals surface area contributed by atoms with Gasteiger partial charge in [-0.15, -0.1) is 11.3 Å². The normalized spacial score (nSPS) is 17.7. The quantitative estimate of drug-likeness (QED) is 0.633. The zero-order chi connectivity index (χ0) is 12.8. The van der Waals surface area contributed by atoms with Gasteiger partial charge in [0.15, 0.2) is 5.13 Å². The fraction of sp³-hybridized carbons (Fsp3) is 0.786. The Morgan fingerprint density at radius 1 is 1.11 bits per heavy atom. The molecule has 1 fully saturated rings. The molecule has 102 valence electrons. The molecule has 2 N–H and O–H groups in total. The Balaban J connectivity index is 1.63. The minimum absolute atomic E-state index is 0.745. The largest absolute Gasteiger partial charge is 0.360 e. The summed E-state index contributed by atoms with van der Waals surface area (Å²) in [5.41, 5.74) is 1.15. The molecule has 0 atom stereocenters. The summed E-state index contributed by atoms with van der Waals surface area (Å²) in [4.78, 5) is 5.80. The minimum Gasteiger partial charge on any atom is -0.360 e. The molecule has 2 rings (SSSR count). The molecule has 1 heterocycles. The third-order valence-electron chi connectivity index (χ3n) is 3.72. The molecule has 3 nitrogen and oxygen atoms in total. The van der Waals surface area contributed by atoms with E-state index >= 15 is 0 Å². The average molecular weight is 267 g/mol. The van der Waals surface area contributed by atoms with Gasteiger partial charge in [-0.3, -0.25) is 0 Å². The molecule has 1 aromatic heterocycles. The van der Waals surface area contributed by atoms with Crippen molar-refractivity contribution >= 4 is 16.5 Å². The number of aromatic nitrogens is 1. The van der Waals surface area contributed by atoms with Crippen molar-refractivity contribution in [2.75, 3.05) is 18.4 Å². The van der Waals surface area contributed by atoms with Gasteiger partial charge in [0.1, 0.15) is 0 Å². The lowest BCUT2D eigenvalue weighted by Gasteiger charge is -2.16. The van der Waals surface area contributed by atoms with Crippen molar-refractivity contribution in [3.63, 3.8) is 0 Å². The molecule has 0 saturated heterocycles. The monoisotopic (exact) mass is 267 g/mol. The second kappa shape index (κ2) is 7.10. The highest BCUT2D eigenvalue weighted by Crippen LogP contribution is 2.20. The van der Waals surface area contributed by atoms with Crippen molar-refractivity contribution in [3.8, 4) is 0 Å². The van der Waals surface area contributed by atoms with Crippen LogP contribution >= 0.6 is 11.3 Å². The summed E-state index contributed by atoms with van der Waals surface area (Å²) in [6.45, 7) is 6.22. The van der Waals surface area contributed by atoms with Gasteiger partial charge in [0.2, 0.25) is 0 Å². The van der Waals surface area contributed by atoms with Gasteiger partial charge in [0.25, 0.3) is 0 Å². The first-order valence-corrected chi connectivity index (χ1v) is 7.98. The van der Waals surface area contributed by atoms with E-state index in [9.17, 15) is 0 Å². The van der Waals surface area contributed by atoms with E-state index in [4.69, 9.17) is 0 Å². The summed E-state index contributed by atoms with van der Waals surface area (Å²) >= 11 is 1.75. The zero-order valence-electron chi connectivity index (χ0n) is 11.6. The number of hydrogen-bond donors (Lipinski definition) is 2. The minimum atomic E-state index is 0.745. The van der Waals surface area contributed by atoms with Crippen LogP contribution in [-0.4, -0.2) is 24.1 Å². The van der Waals surface area contributed by atoms with E-state index in [0.29, 0.717) is 0 Å². The predicted molar refractivity (Wildman–Crippen MR) is 79.6 cm³/mol. The number of aryl methyl sites for hydroxylation is 2. The lowest BCUT2D eigenvalue weighted by Crippen LogP contribution is -2.32. The van der Waals surface area contributed by atoms with Crippen LogP contribution < -0.4 is 10.6 Å². The van der Waals surface area contributed by atoms with Crippen LogP contribution in [0.5, 0.6) is 0 Å². The molecule has 0 aliphatic heterocycles. The highest BCUT2D eigenvalue weighted by molar-refractivity contribution is 7.15. The number of nitrogens with one attached hydrogen (secondary N) is 2. The first kappa shape index (κ1) is 13.8. The lowest BCUT2D eigenvalue weighted by molar-refractivity contribution is 0.468. The number of nitrogens with zero attached hydrogens (tertiary/aromatic N) is 1. The molecule has 18 heavy (non-hydrogen) atoms. The molecule has 1 aliphatic rings. The van der Waals surface area contributed by atoms with Gasteiger partial charge in [-0.05, 0) is 26.7 Å². The molecule has 1 aliphatic carbocycles. The van der Waals surface area contributed by atoms with E-state index in [0.717, 1.165) is 30.0 Å². The van der Waals surface area contributed by atoms with E-state index in [1.165, 1.54) is 43.4 Å². The van der Waals surface area contributed by atoms with Gasteiger partial charge in [-0.2, -0.15) is 0 Å². The highest BCUT2D eigenvalue weighted by Gasteiger charge is 2.10. The average Bonchev–Trinajstić information content (AvgIpc) is 2.59. The van der Waals surface area contributed by atoms with Gasteiger partial charge in [-0.25, -0.2) is 4.98 Å². The summed E-state index contributed by atoms with van der Waals surface area (Å²) < 4.78 is 0. The summed E-state index contributed by atoms with van der Waals surface area (Å²) in [6, 6.07) is 0.745. The maximum absolute atomic E-state index is 4.49. The third-order valence-corrected chi connectivity index (χ3v) is 4.75. The van der Waals surface area contributed by atoms with Crippen LogP contribution in [-0.2, 0) is 0 Å². The first-order valence-electron chi connectivity index (χ1n) is 7.17. The van der Waals surface area contributed by atoms with Gasteiger partial charge in [0, 0.05) is 24.0 Å². The van der Waals surface area contributed by atoms with Crippen LogP contribution in [0.25, 0.3) is 0 Å². The molecule has 0 radical (unpaired) electrons. The Bertz CT molecular complexity index is 334. The standard InChI is InChI=1S/C14H25N3S/c1-11-12(2)18-14(17-11)16-10-9-15-13-7-5-3-4-6-8-13/h13,15H,3-10H2,1-2H3,(H,16,17). The molecular formula is C14H25N3S. The number of rotatable bonds is 5. The topological polar surface area (TPSA) is 37.0 Å². The summed E-state index contributed by atoms with van der Waals surface area (Å²) in [6.07, 6.45) is 8.36. The summed E-state index contributed by atoms with van der Waals surface area (Å²) in [5, 5.41) is 8.14. The van der Waals surface area contributed by atoms with Gasteiger partial charge in [-0.1, -0.05) is 25.7 Å². The van der Waals surface area contributed by atoms with E-state index in [1.807, 2.05) is 0 Å². The van der Waals surface area contributed by atoms with E-state index < -0.39 is 0 Å². The molecule has 0 bridgehead atoms.